The molecule has 0 aliphatic heterocycles. The molecule has 1 aromatic carbocycles. The van der Waals surface area contributed by atoms with Crippen LogP contribution >= 0.6 is 0 Å². The largest absolute Gasteiger partial charge is 0.494 e. The summed E-state index contributed by atoms with van der Waals surface area (Å²) in [4.78, 5) is 3.93. The summed E-state index contributed by atoms with van der Waals surface area (Å²) >= 11 is 0. The maximum Gasteiger partial charge on any atom is 0.252 e. The Kier molecular flexibility index (Phi) is 6.18. The molecule has 0 unspecified atom stereocenters. The lowest BCUT2D eigenvalue weighted by Crippen LogP contribution is -1.97. The topological polar surface area (TPSA) is 83.4 Å². The number of hydrogen-bond donors (Lipinski definition) is 1. The van der Waals surface area contributed by atoms with E-state index in [1.165, 1.54) is 12.8 Å². The van der Waals surface area contributed by atoms with Gasteiger partial charge >= 0.3 is 0 Å². The maximum atomic E-state index is 8.90. The first-order chi connectivity index (χ1) is 11.2. The van der Waals surface area contributed by atoms with Crippen molar-refractivity contribution in [1.82, 2.24) is 4.98 Å². The molecule has 120 valence electrons. The molecule has 0 fully saturated rings. The summed E-state index contributed by atoms with van der Waals surface area (Å²) in [6.45, 7) is 4.58. The van der Waals surface area contributed by atoms with Crippen LogP contribution < -0.4 is 10.2 Å². The quantitative estimate of drug-likeness (QED) is 0.454. The van der Waals surface area contributed by atoms with Gasteiger partial charge in [0.05, 0.1) is 12.8 Å². The molecule has 0 atom stereocenters. The van der Waals surface area contributed by atoms with Crippen molar-refractivity contribution in [3.8, 4) is 11.8 Å². The molecule has 23 heavy (non-hydrogen) atoms. The number of unbranched alkanes of at least 4 members (excludes halogenated alkanes) is 2. The molecular weight excluding hydrogens is 292 g/mol. The van der Waals surface area contributed by atoms with Crippen molar-refractivity contribution >= 4 is 12.1 Å². The maximum absolute atomic E-state index is 8.90. The Hall–Kier alpha value is -2.81. The minimum atomic E-state index is 0.190. The highest BCUT2D eigenvalue weighted by molar-refractivity contribution is 5.80. The fourth-order valence-electron chi connectivity index (χ4n) is 1.94. The predicted molar refractivity (Wildman–Crippen MR) is 88.6 cm³/mol. The van der Waals surface area contributed by atoms with E-state index in [9.17, 15) is 0 Å². The van der Waals surface area contributed by atoms with Gasteiger partial charge in [-0.1, -0.05) is 19.8 Å². The van der Waals surface area contributed by atoms with Crippen LogP contribution in [0.4, 0.5) is 5.88 Å². The van der Waals surface area contributed by atoms with Crippen LogP contribution in [-0.2, 0) is 0 Å². The molecule has 0 bridgehead atoms. The number of aromatic nitrogens is 1. The van der Waals surface area contributed by atoms with Crippen LogP contribution in [0, 0.1) is 18.3 Å². The molecule has 2 aromatic rings. The third-order valence-electron chi connectivity index (χ3n) is 3.12. The Bertz CT molecular complexity index is 684. The molecule has 0 saturated heterocycles. The summed E-state index contributed by atoms with van der Waals surface area (Å²) in [6.07, 6.45) is 5.08. The summed E-state index contributed by atoms with van der Waals surface area (Å²) in [7, 11) is 0. The van der Waals surface area contributed by atoms with E-state index in [0.717, 1.165) is 24.3 Å². The van der Waals surface area contributed by atoms with E-state index in [-0.39, 0.29) is 11.6 Å². The Labute approximate surface area is 135 Å². The van der Waals surface area contributed by atoms with Gasteiger partial charge in [-0.3, -0.25) is 0 Å². The number of nitriles is 1. The molecule has 0 spiro atoms. The second kappa shape index (κ2) is 8.59. The highest BCUT2D eigenvalue weighted by Crippen LogP contribution is 2.16. The minimum absolute atomic E-state index is 0.190. The van der Waals surface area contributed by atoms with E-state index < -0.39 is 0 Å². The first kappa shape index (κ1) is 16.6. The average molecular weight is 312 g/mol. The van der Waals surface area contributed by atoms with Crippen LogP contribution in [-0.4, -0.2) is 17.8 Å². The van der Waals surface area contributed by atoms with E-state index in [1.54, 1.807) is 13.1 Å². The SMILES string of the molecule is CCCCCOc1ccc(/C=N/Nc2oc(C)nc2C#N)cc1. The second-order valence-corrected chi connectivity index (χ2v) is 5.02. The van der Waals surface area contributed by atoms with Gasteiger partial charge in [-0.2, -0.15) is 10.4 Å². The minimum Gasteiger partial charge on any atom is -0.494 e. The highest BCUT2D eigenvalue weighted by atomic mass is 16.5. The standard InChI is InChI=1S/C17H20N4O2/c1-3-4-5-10-22-15-8-6-14(7-9-15)12-19-21-17-16(11-18)20-13(2)23-17/h6-9,12,21H,3-5,10H2,1-2H3/b19-12+. The van der Waals surface area contributed by atoms with Crippen molar-refractivity contribution < 1.29 is 9.15 Å². The summed E-state index contributed by atoms with van der Waals surface area (Å²) in [5, 5.41) is 13.0. The number of rotatable bonds is 8. The molecule has 6 nitrogen and oxygen atoms in total. The number of hydrazone groups is 1. The zero-order valence-corrected chi connectivity index (χ0v) is 13.4. The monoisotopic (exact) mass is 312 g/mol. The van der Waals surface area contributed by atoms with Gasteiger partial charge < -0.3 is 9.15 Å². The molecule has 0 amide bonds. The van der Waals surface area contributed by atoms with Gasteiger partial charge in [0, 0.05) is 6.92 Å². The zero-order valence-electron chi connectivity index (χ0n) is 13.4. The number of oxazole rings is 1. The number of aryl methyl sites for hydroxylation is 1. The number of nitrogens with zero attached hydrogens (tertiary/aromatic N) is 3. The normalized spacial score (nSPS) is 10.7. The summed E-state index contributed by atoms with van der Waals surface area (Å²) in [5.41, 5.74) is 3.78. The molecular formula is C17H20N4O2. The Morgan fingerprint density at radius 2 is 2.13 bits per heavy atom. The molecule has 0 saturated carbocycles. The van der Waals surface area contributed by atoms with Crippen LogP contribution in [0.15, 0.2) is 33.8 Å². The zero-order chi connectivity index (χ0) is 16.5. The van der Waals surface area contributed by atoms with Crippen LogP contribution in [0.5, 0.6) is 5.75 Å². The smallest absolute Gasteiger partial charge is 0.252 e. The molecule has 0 aliphatic carbocycles. The number of hydrogen-bond acceptors (Lipinski definition) is 6. The van der Waals surface area contributed by atoms with Crippen LogP contribution in [0.2, 0.25) is 0 Å². The van der Waals surface area contributed by atoms with Crippen molar-refractivity contribution in [3.63, 3.8) is 0 Å². The number of benzene rings is 1. The lowest BCUT2D eigenvalue weighted by Gasteiger charge is -2.05. The van der Waals surface area contributed by atoms with Crippen LogP contribution in [0.3, 0.4) is 0 Å². The third-order valence-corrected chi connectivity index (χ3v) is 3.12. The third kappa shape index (κ3) is 5.15. The Morgan fingerprint density at radius 1 is 1.35 bits per heavy atom. The Balaban J connectivity index is 1.86. The predicted octanol–water partition coefficient (Wildman–Crippen LogP) is 3.87. The summed E-state index contributed by atoms with van der Waals surface area (Å²) in [5.74, 6) is 1.52. The first-order valence-corrected chi connectivity index (χ1v) is 7.62. The fourth-order valence-corrected chi connectivity index (χ4v) is 1.94. The molecule has 1 aromatic heterocycles. The van der Waals surface area contributed by atoms with E-state index >= 15 is 0 Å². The van der Waals surface area contributed by atoms with Gasteiger partial charge in [-0.05, 0) is 36.2 Å². The van der Waals surface area contributed by atoms with Gasteiger partial charge in [0.1, 0.15) is 11.8 Å². The van der Waals surface area contributed by atoms with Gasteiger partial charge in [0.15, 0.2) is 5.89 Å². The second-order valence-electron chi connectivity index (χ2n) is 5.02. The van der Waals surface area contributed by atoms with Crippen LogP contribution in [0.1, 0.15) is 43.3 Å². The number of ether oxygens (including phenoxy) is 1. The summed E-state index contributed by atoms with van der Waals surface area (Å²) in [6, 6.07) is 9.59. The van der Waals surface area contributed by atoms with Crippen molar-refractivity contribution in [1.29, 1.82) is 5.26 Å². The fraction of sp³-hybridized carbons (Fsp3) is 0.353. The van der Waals surface area contributed by atoms with E-state index in [0.29, 0.717) is 5.89 Å². The van der Waals surface area contributed by atoms with Gasteiger partial charge in [0.25, 0.3) is 5.88 Å². The van der Waals surface area contributed by atoms with Gasteiger partial charge in [0.2, 0.25) is 5.69 Å². The molecule has 1 heterocycles. The Morgan fingerprint density at radius 3 is 2.83 bits per heavy atom. The number of nitrogens with one attached hydrogen (secondary N) is 1. The van der Waals surface area contributed by atoms with Crippen molar-refractivity contribution in [2.24, 2.45) is 5.10 Å². The van der Waals surface area contributed by atoms with E-state index in [4.69, 9.17) is 14.4 Å². The molecule has 2 rings (SSSR count). The van der Waals surface area contributed by atoms with E-state index in [2.05, 4.69) is 22.4 Å². The molecule has 1 N–H and O–H groups in total. The number of anilines is 1. The first-order valence-electron chi connectivity index (χ1n) is 7.62. The average Bonchev–Trinajstić information content (AvgIpc) is 2.93. The lowest BCUT2D eigenvalue weighted by atomic mass is 10.2. The molecule has 0 radical (unpaired) electrons. The van der Waals surface area contributed by atoms with Crippen LogP contribution in [0.25, 0.3) is 0 Å². The highest BCUT2D eigenvalue weighted by Gasteiger charge is 2.08. The lowest BCUT2D eigenvalue weighted by molar-refractivity contribution is 0.306. The van der Waals surface area contributed by atoms with Crippen molar-refractivity contribution in [3.05, 3.63) is 41.4 Å². The van der Waals surface area contributed by atoms with E-state index in [1.807, 2.05) is 30.3 Å². The van der Waals surface area contributed by atoms with Crippen molar-refractivity contribution in [2.75, 3.05) is 12.0 Å². The van der Waals surface area contributed by atoms with Gasteiger partial charge in [-0.25, -0.2) is 10.4 Å². The van der Waals surface area contributed by atoms with Gasteiger partial charge in [-0.15, -0.1) is 0 Å². The van der Waals surface area contributed by atoms with Crippen molar-refractivity contribution in [2.45, 2.75) is 33.1 Å². The molecule has 6 heteroatoms. The summed E-state index contributed by atoms with van der Waals surface area (Å²) < 4.78 is 10.9. The molecule has 0 aliphatic rings.